The summed E-state index contributed by atoms with van der Waals surface area (Å²) >= 11 is 0. The van der Waals surface area contributed by atoms with Crippen molar-refractivity contribution in [2.24, 2.45) is 0 Å². The van der Waals surface area contributed by atoms with Crippen LogP contribution in [0.3, 0.4) is 0 Å². The molecular weight excluding hydrogens is 227 g/mol. The molecule has 1 saturated heterocycles. The van der Waals surface area contributed by atoms with E-state index < -0.39 is 0 Å². The Balaban J connectivity index is 1.72. The van der Waals surface area contributed by atoms with Crippen molar-refractivity contribution in [2.45, 2.75) is 38.8 Å². The molecule has 0 aromatic heterocycles. The molecule has 1 atom stereocenters. The smallest absolute Gasteiger partial charge is 0.126 e. The molecule has 0 aliphatic carbocycles. The zero-order valence-corrected chi connectivity index (χ0v) is 11.3. The third-order valence-electron chi connectivity index (χ3n) is 3.74. The number of nitrogens with one attached hydrogen (secondary N) is 1. The summed E-state index contributed by atoms with van der Waals surface area (Å²) in [6, 6.07) is 8.23. The van der Waals surface area contributed by atoms with Gasteiger partial charge in [-0.25, -0.2) is 4.39 Å². The van der Waals surface area contributed by atoms with Crippen LogP contribution in [0.25, 0.3) is 0 Å². The van der Waals surface area contributed by atoms with Crippen LogP contribution in [-0.2, 0) is 6.42 Å². The topological polar surface area (TPSA) is 15.3 Å². The number of hydrogen-bond acceptors (Lipinski definition) is 2. The molecule has 0 saturated carbocycles. The molecule has 1 unspecified atom stereocenters. The van der Waals surface area contributed by atoms with E-state index in [1.165, 1.54) is 19.0 Å². The number of likely N-dealkylation sites (tertiary alicyclic amines) is 1. The van der Waals surface area contributed by atoms with Gasteiger partial charge in [-0.05, 0) is 51.4 Å². The van der Waals surface area contributed by atoms with Gasteiger partial charge in [-0.15, -0.1) is 0 Å². The monoisotopic (exact) mass is 250 g/mol. The predicted molar refractivity (Wildman–Crippen MR) is 73.2 cm³/mol. The lowest BCUT2D eigenvalue weighted by Gasteiger charge is -2.20. The van der Waals surface area contributed by atoms with Gasteiger partial charge < -0.3 is 5.32 Å². The Labute approximate surface area is 109 Å². The first kappa shape index (κ1) is 13.5. The van der Waals surface area contributed by atoms with Crippen molar-refractivity contribution >= 4 is 0 Å². The van der Waals surface area contributed by atoms with Gasteiger partial charge in [-0.3, -0.25) is 4.90 Å². The van der Waals surface area contributed by atoms with Gasteiger partial charge in [0, 0.05) is 18.6 Å². The summed E-state index contributed by atoms with van der Waals surface area (Å²) in [5.41, 5.74) is 0.809. The lowest BCUT2D eigenvalue weighted by atomic mass is 10.1. The summed E-state index contributed by atoms with van der Waals surface area (Å²) in [5.74, 6) is -0.0884. The Hall–Kier alpha value is -0.930. The van der Waals surface area contributed by atoms with Gasteiger partial charge in [0.2, 0.25) is 0 Å². The van der Waals surface area contributed by atoms with E-state index in [1.54, 1.807) is 6.07 Å². The molecule has 18 heavy (non-hydrogen) atoms. The van der Waals surface area contributed by atoms with E-state index in [-0.39, 0.29) is 5.82 Å². The van der Waals surface area contributed by atoms with Gasteiger partial charge in [0.25, 0.3) is 0 Å². The Kier molecular flexibility index (Phi) is 4.72. The second kappa shape index (κ2) is 6.30. The van der Waals surface area contributed by atoms with E-state index in [2.05, 4.69) is 24.1 Å². The summed E-state index contributed by atoms with van der Waals surface area (Å²) in [7, 11) is 0. The maximum Gasteiger partial charge on any atom is 0.126 e. The highest BCUT2D eigenvalue weighted by Gasteiger charge is 2.23. The first-order valence-corrected chi connectivity index (χ1v) is 6.87. The van der Waals surface area contributed by atoms with Crippen LogP contribution < -0.4 is 5.32 Å². The molecule has 1 N–H and O–H groups in total. The molecule has 1 aromatic carbocycles. The first-order valence-electron chi connectivity index (χ1n) is 6.87. The first-order chi connectivity index (χ1) is 8.66. The maximum atomic E-state index is 13.4. The zero-order chi connectivity index (χ0) is 13.0. The van der Waals surface area contributed by atoms with E-state index in [0.29, 0.717) is 12.1 Å². The summed E-state index contributed by atoms with van der Waals surface area (Å²) in [6.45, 7) is 7.63. The number of rotatable bonds is 5. The fraction of sp³-hybridized carbons (Fsp3) is 0.600. The van der Waals surface area contributed by atoms with Crippen molar-refractivity contribution < 1.29 is 4.39 Å². The molecule has 2 nitrogen and oxygen atoms in total. The van der Waals surface area contributed by atoms with Gasteiger partial charge in [0.1, 0.15) is 5.82 Å². The SMILES string of the molecule is CC(C)N1CCC(NCCc2ccccc2F)C1. The molecule has 1 heterocycles. The van der Waals surface area contributed by atoms with Gasteiger partial charge >= 0.3 is 0 Å². The van der Waals surface area contributed by atoms with E-state index in [9.17, 15) is 4.39 Å². The van der Waals surface area contributed by atoms with E-state index in [4.69, 9.17) is 0 Å². The van der Waals surface area contributed by atoms with Crippen LogP contribution in [0, 0.1) is 5.82 Å². The van der Waals surface area contributed by atoms with Gasteiger partial charge in [0.05, 0.1) is 0 Å². The molecule has 100 valence electrons. The van der Waals surface area contributed by atoms with Crippen molar-refractivity contribution in [3.63, 3.8) is 0 Å². The molecule has 1 aromatic rings. The molecule has 1 aliphatic heterocycles. The second-order valence-corrected chi connectivity index (χ2v) is 5.37. The maximum absolute atomic E-state index is 13.4. The van der Waals surface area contributed by atoms with E-state index in [1.807, 2.05) is 12.1 Å². The number of benzene rings is 1. The molecule has 0 amide bonds. The Morgan fingerprint density at radius 2 is 2.17 bits per heavy atom. The third kappa shape index (κ3) is 3.53. The minimum Gasteiger partial charge on any atom is -0.312 e. The second-order valence-electron chi connectivity index (χ2n) is 5.37. The van der Waals surface area contributed by atoms with Crippen molar-refractivity contribution in [1.82, 2.24) is 10.2 Å². The van der Waals surface area contributed by atoms with Crippen LogP contribution in [0.2, 0.25) is 0 Å². The van der Waals surface area contributed by atoms with E-state index >= 15 is 0 Å². The molecular formula is C15H23FN2. The highest BCUT2D eigenvalue weighted by Crippen LogP contribution is 2.12. The summed E-state index contributed by atoms with van der Waals surface area (Å²) in [6.07, 6.45) is 1.97. The Bertz CT molecular complexity index is 379. The number of halogens is 1. The average Bonchev–Trinajstić information content (AvgIpc) is 2.80. The van der Waals surface area contributed by atoms with Crippen LogP contribution >= 0.6 is 0 Å². The highest BCUT2D eigenvalue weighted by atomic mass is 19.1. The predicted octanol–water partition coefficient (Wildman–Crippen LogP) is 2.44. The highest BCUT2D eigenvalue weighted by molar-refractivity contribution is 5.17. The summed E-state index contributed by atoms with van der Waals surface area (Å²) < 4.78 is 13.4. The van der Waals surface area contributed by atoms with Crippen LogP contribution in [0.5, 0.6) is 0 Å². The van der Waals surface area contributed by atoms with Crippen LogP contribution in [0.15, 0.2) is 24.3 Å². The molecule has 0 bridgehead atoms. The number of hydrogen-bond donors (Lipinski definition) is 1. The molecule has 3 heteroatoms. The molecule has 1 fully saturated rings. The van der Waals surface area contributed by atoms with Gasteiger partial charge in [-0.1, -0.05) is 18.2 Å². The van der Waals surface area contributed by atoms with Crippen molar-refractivity contribution in [2.75, 3.05) is 19.6 Å². The lowest BCUT2D eigenvalue weighted by Crippen LogP contribution is -2.36. The molecule has 0 spiro atoms. The van der Waals surface area contributed by atoms with Crippen molar-refractivity contribution in [1.29, 1.82) is 0 Å². The van der Waals surface area contributed by atoms with Gasteiger partial charge in [-0.2, -0.15) is 0 Å². The summed E-state index contributed by atoms with van der Waals surface area (Å²) in [4.78, 5) is 2.49. The van der Waals surface area contributed by atoms with Crippen LogP contribution in [0.4, 0.5) is 4.39 Å². The fourth-order valence-corrected chi connectivity index (χ4v) is 2.54. The minimum absolute atomic E-state index is 0.0884. The lowest BCUT2D eigenvalue weighted by molar-refractivity contribution is 0.268. The molecule has 0 radical (unpaired) electrons. The zero-order valence-electron chi connectivity index (χ0n) is 11.3. The quantitative estimate of drug-likeness (QED) is 0.863. The Morgan fingerprint density at radius 3 is 2.83 bits per heavy atom. The molecule has 2 rings (SSSR count). The normalized spacial score (nSPS) is 20.8. The van der Waals surface area contributed by atoms with Crippen molar-refractivity contribution in [3.8, 4) is 0 Å². The standard InChI is InChI=1S/C15H23FN2/c1-12(2)18-10-8-14(11-18)17-9-7-13-5-3-4-6-15(13)16/h3-6,12,14,17H,7-11H2,1-2H3. The summed E-state index contributed by atoms with van der Waals surface area (Å²) in [5, 5.41) is 3.53. The van der Waals surface area contributed by atoms with E-state index in [0.717, 1.165) is 25.1 Å². The average molecular weight is 250 g/mol. The molecule has 1 aliphatic rings. The minimum atomic E-state index is -0.0884. The van der Waals surface area contributed by atoms with Crippen LogP contribution in [0.1, 0.15) is 25.8 Å². The number of nitrogens with zero attached hydrogens (tertiary/aromatic N) is 1. The van der Waals surface area contributed by atoms with Crippen LogP contribution in [-0.4, -0.2) is 36.6 Å². The van der Waals surface area contributed by atoms with Gasteiger partial charge in [0.15, 0.2) is 0 Å². The fourth-order valence-electron chi connectivity index (χ4n) is 2.54. The van der Waals surface area contributed by atoms with Crippen molar-refractivity contribution in [3.05, 3.63) is 35.6 Å². The third-order valence-corrected chi connectivity index (χ3v) is 3.74. The Morgan fingerprint density at radius 1 is 1.39 bits per heavy atom. The largest absolute Gasteiger partial charge is 0.312 e.